The average molecular weight is 156 g/mol. The van der Waals surface area contributed by atoms with Crippen molar-refractivity contribution in [2.24, 2.45) is 0 Å². The monoisotopic (exact) mass is 156 g/mol. The van der Waals surface area contributed by atoms with Gasteiger partial charge in [0.25, 0.3) is 0 Å². The molecule has 2 N–H and O–H groups in total. The number of hydrogen-bond acceptors (Lipinski definition) is 2. The van der Waals surface area contributed by atoms with Crippen LogP contribution < -0.4 is 0 Å². The van der Waals surface area contributed by atoms with Crippen molar-refractivity contribution in [2.75, 3.05) is 0 Å². The van der Waals surface area contributed by atoms with Crippen molar-refractivity contribution in [1.82, 2.24) is 0 Å². The molecular weight excluding hydrogens is 140 g/mol. The summed E-state index contributed by atoms with van der Waals surface area (Å²) in [5, 5.41) is 19.1. The minimum atomic E-state index is -0.730. The molecule has 0 aromatic carbocycles. The lowest BCUT2D eigenvalue weighted by molar-refractivity contribution is -0.0107. The molecule has 0 aliphatic heterocycles. The van der Waals surface area contributed by atoms with Crippen LogP contribution in [0.15, 0.2) is 12.2 Å². The fraction of sp³-hybridized carbons (Fsp3) is 0.778. The first-order chi connectivity index (χ1) is 5.16. The summed E-state index contributed by atoms with van der Waals surface area (Å²) in [7, 11) is 0. The van der Waals surface area contributed by atoms with Crippen LogP contribution in [0.4, 0.5) is 0 Å². The SMILES string of the molecule is C/C=C/[C@@]1(O)CCC[C@@H](O)C1. The zero-order valence-electron chi connectivity index (χ0n) is 6.95. The van der Waals surface area contributed by atoms with Gasteiger partial charge in [-0.15, -0.1) is 0 Å². The van der Waals surface area contributed by atoms with Crippen LogP contribution in [0.1, 0.15) is 32.6 Å². The molecule has 2 atom stereocenters. The minimum absolute atomic E-state index is 0.315. The van der Waals surface area contributed by atoms with Crippen molar-refractivity contribution < 1.29 is 10.2 Å². The molecule has 0 heterocycles. The van der Waals surface area contributed by atoms with E-state index >= 15 is 0 Å². The number of hydrogen-bond donors (Lipinski definition) is 2. The van der Waals surface area contributed by atoms with Gasteiger partial charge in [0.15, 0.2) is 0 Å². The Kier molecular flexibility index (Phi) is 2.68. The Balaban J connectivity index is 2.55. The third kappa shape index (κ3) is 2.31. The van der Waals surface area contributed by atoms with Gasteiger partial charge in [0.1, 0.15) is 0 Å². The molecule has 11 heavy (non-hydrogen) atoms. The van der Waals surface area contributed by atoms with Crippen molar-refractivity contribution in [3.8, 4) is 0 Å². The van der Waals surface area contributed by atoms with Gasteiger partial charge in [0.05, 0.1) is 11.7 Å². The van der Waals surface area contributed by atoms with Crippen molar-refractivity contribution in [3.05, 3.63) is 12.2 Å². The molecule has 0 spiro atoms. The van der Waals surface area contributed by atoms with Gasteiger partial charge in [-0.05, 0) is 26.2 Å². The number of aliphatic hydroxyl groups excluding tert-OH is 1. The number of aliphatic hydroxyl groups is 2. The Labute approximate surface area is 67.6 Å². The first-order valence-corrected chi connectivity index (χ1v) is 4.20. The Bertz CT molecular complexity index is 154. The summed E-state index contributed by atoms with van der Waals surface area (Å²) in [5.41, 5.74) is -0.730. The largest absolute Gasteiger partial charge is 0.393 e. The molecule has 0 bridgehead atoms. The van der Waals surface area contributed by atoms with Crippen molar-refractivity contribution in [1.29, 1.82) is 0 Å². The smallest absolute Gasteiger partial charge is 0.0852 e. The summed E-state index contributed by atoms with van der Waals surface area (Å²) in [6.07, 6.45) is 6.35. The van der Waals surface area contributed by atoms with Crippen LogP contribution >= 0.6 is 0 Å². The van der Waals surface area contributed by atoms with Gasteiger partial charge < -0.3 is 10.2 Å². The fourth-order valence-corrected chi connectivity index (χ4v) is 1.72. The molecule has 64 valence electrons. The Morgan fingerprint density at radius 1 is 1.55 bits per heavy atom. The van der Waals surface area contributed by atoms with Crippen molar-refractivity contribution in [3.63, 3.8) is 0 Å². The highest BCUT2D eigenvalue weighted by Crippen LogP contribution is 2.29. The van der Waals surface area contributed by atoms with Crippen LogP contribution in [0.5, 0.6) is 0 Å². The highest BCUT2D eigenvalue weighted by Gasteiger charge is 2.30. The van der Waals surface area contributed by atoms with Gasteiger partial charge in [-0.3, -0.25) is 0 Å². The van der Waals surface area contributed by atoms with Crippen molar-refractivity contribution in [2.45, 2.75) is 44.3 Å². The average Bonchev–Trinajstić information content (AvgIpc) is 1.86. The maximum atomic E-state index is 9.79. The maximum absolute atomic E-state index is 9.79. The second-order valence-corrected chi connectivity index (χ2v) is 3.35. The first kappa shape index (κ1) is 8.75. The molecule has 0 radical (unpaired) electrons. The van der Waals surface area contributed by atoms with Gasteiger partial charge in [-0.2, -0.15) is 0 Å². The van der Waals surface area contributed by atoms with Crippen LogP contribution in [0, 0.1) is 0 Å². The zero-order chi connectivity index (χ0) is 8.32. The summed E-state index contributed by atoms with van der Waals surface area (Å²) in [6, 6.07) is 0. The number of allylic oxidation sites excluding steroid dienone is 1. The molecule has 0 saturated heterocycles. The molecule has 0 aromatic rings. The highest BCUT2D eigenvalue weighted by molar-refractivity contribution is 5.02. The van der Waals surface area contributed by atoms with Crippen LogP contribution in [0.3, 0.4) is 0 Å². The predicted octanol–water partition coefficient (Wildman–Crippen LogP) is 1.23. The van der Waals surface area contributed by atoms with Gasteiger partial charge >= 0.3 is 0 Å². The van der Waals surface area contributed by atoms with E-state index in [1.807, 2.05) is 13.0 Å². The molecule has 1 aliphatic carbocycles. The summed E-state index contributed by atoms with van der Waals surface area (Å²) in [6.45, 7) is 1.89. The molecule has 0 aromatic heterocycles. The van der Waals surface area contributed by atoms with Gasteiger partial charge in [0.2, 0.25) is 0 Å². The topological polar surface area (TPSA) is 40.5 Å². The van der Waals surface area contributed by atoms with Crippen molar-refractivity contribution >= 4 is 0 Å². The summed E-state index contributed by atoms with van der Waals surface area (Å²) in [5.74, 6) is 0. The van der Waals surface area contributed by atoms with E-state index in [1.165, 1.54) is 0 Å². The Hall–Kier alpha value is -0.340. The van der Waals surface area contributed by atoms with E-state index in [0.29, 0.717) is 6.42 Å². The van der Waals surface area contributed by atoms with Crippen LogP contribution in [-0.4, -0.2) is 21.9 Å². The third-order valence-corrected chi connectivity index (χ3v) is 2.21. The molecule has 1 aliphatic rings. The van der Waals surface area contributed by atoms with E-state index in [0.717, 1.165) is 19.3 Å². The molecule has 2 heteroatoms. The number of rotatable bonds is 1. The van der Waals surface area contributed by atoms with E-state index in [-0.39, 0.29) is 6.10 Å². The second-order valence-electron chi connectivity index (χ2n) is 3.35. The quantitative estimate of drug-likeness (QED) is 0.560. The molecule has 2 nitrogen and oxygen atoms in total. The molecular formula is C9H16O2. The van der Waals surface area contributed by atoms with Crippen LogP contribution in [0.25, 0.3) is 0 Å². The normalized spacial score (nSPS) is 39.7. The highest BCUT2D eigenvalue weighted by atomic mass is 16.3. The van der Waals surface area contributed by atoms with E-state index in [1.54, 1.807) is 6.08 Å². The summed E-state index contributed by atoms with van der Waals surface area (Å²) >= 11 is 0. The molecule has 1 fully saturated rings. The van der Waals surface area contributed by atoms with Gasteiger partial charge in [-0.25, -0.2) is 0 Å². The van der Waals surface area contributed by atoms with Gasteiger partial charge in [0, 0.05) is 6.42 Å². The third-order valence-electron chi connectivity index (χ3n) is 2.21. The van der Waals surface area contributed by atoms with E-state index in [4.69, 9.17) is 0 Å². The molecule has 1 saturated carbocycles. The lowest BCUT2D eigenvalue weighted by Gasteiger charge is -2.32. The van der Waals surface area contributed by atoms with Gasteiger partial charge in [-0.1, -0.05) is 12.2 Å². The van der Waals surface area contributed by atoms with Crippen LogP contribution in [0.2, 0.25) is 0 Å². The molecule has 1 rings (SSSR count). The maximum Gasteiger partial charge on any atom is 0.0852 e. The second kappa shape index (κ2) is 3.37. The zero-order valence-corrected chi connectivity index (χ0v) is 6.95. The Morgan fingerprint density at radius 3 is 2.82 bits per heavy atom. The molecule has 0 unspecified atom stereocenters. The summed E-state index contributed by atoms with van der Waals surface area (Å²) < 4.78 is 0. The Morgan fingerprint density at radius 2 is 2.27 bits per heavy atom. The van der Waals surface area contributed by atoms with E-state index in [2.05, 4.69) is 0 Å². The first-order valence-electron chi connectivity index (χ1n) is 4.20. The lowest BCUT2D eigenvalue weighted by atomic mass is 9.83. The molecule has 0 amide bonds. The van der Waals surface area contributed by atoms with E-state index < -0.39 is 5.60 Å². The van der Waals surface area contributed by atoms with Crippen LogP contribution in [-0.2, 0) is 0 Å². The minimum Gasteiger partial charge on any atom is -0.393 e. The predicted molar refractivity (Wildman–Crippen MR) is 44.2 cm³/mol. The lowest BCUT2D eigenvalue weighted by Crippen LogP contribution is -2.35. The fourth-order valence-electron chi connectivity index (χ4n) is 1.72. The standard InChI is InChI=1S/C9H16O2/c1-2-5-9(11)6-3-4-8(10)7-9/h2,5,8,10-11H,3-4,6-7H2,1H3/b5-2+/t8-,9-/m1/s1. The van der Waals surface area contributed by atoms with E-state index in [9.17, 15) is 10.2 Å². The summed E-state index contributed by atoms with van der Waals surface area (Å²) in [4.78, 5) is 0.